The zero-order valence-corrected chi connectivity index (χ0v) is 12.6. The molecule has 1 fully saturated rings. The maximum absolute atomic E-state index is 11.9. The summed E-state index contributed by atoms with van der Waals surface area (Å²) in [7, 11) is 0. The van der Waals surface area contributed by atoms with Gasteiger partial charge in [0.05, 0.1) is 0 Å². The zero-order chi connectivity index (χ0) is 14.9. The second kappa shape index (κ2) is 8.29. The Hall–Kier alpha value is -2.04. The van der Waals surface area contributed by atoms with Crippen LogP contribution < -0.4 is 10.6 Å². The number of benzene rings is 1. The number of nitrogens with one attached hydrogen (secondary N) is 2. The Bertz CT molecular complexity index is 466. The predicted molar refractivity (Wildman–Crippen MR) is 85.1 cm³/mol. The summed E-state index contributed by atoms with van der Waals surface area (Å²) in [5, 5.41) is 6.14. The molecule has 21 heavy (non-hydrogen) atoms. The van der Waals surface area contributed by atoms with Crippen LogP contribution in [0.5, 0.6) is 0 Å². The Balaban J connectivity index is 1.81. The van der Waals surface area contributed by atoms with Crippen molar-refractivity contribution < 1.29 is 4.79 Å². The number of guanidine groups is 1. The van der Waals surface area contributed by atoms with Gasteiger partial charge < -0.3 is 15.5 Å². The molecule has 0 spiro atoms. The molecule has 0 aliphatic carbocycles. The summed E-state index contributed by atoms with van der Waals surface area (Å²) < 4.78 is 0. The van der Waals surface area contributed by atoms with Gasteiger partial charge in [0, 0.05) is 26.2 Å². The molecule has 0 saturated carbocycles. The van der Waals surface area contributed by atoms with Crippen molar-refractivity contribution in [1.29, 1.82) is 0 Å². The fourth-order valence-corrected chi connectivity index (χ4v) is 2.35. The Morgan fingerprint density at radius 2 is 1.90 bits per heavy atom. The minimum atomic E-state index is -0.0477. The van der Waals surface area contributed by atoms with E-state index in [1.54, 1.807) is 0 Å². The van der Waals surface area contributed by atoms with Crippen LogP contribution in [0.1, 0.15) is 25.3 Å². The quantitative estimate of drug-likeness (QED) is 0.635. The maximum atomic E-state index is 11.9. The molecule has 1 saturated heterocycles. The van der Waals surface area contributed by atoms with Gasteiger partial charge in [-0.25, -0.2) is 4.99 Å². The zero-order valence-electron chi connectivity index (χ0n) is 12.6. The minimum Gasteiger partial charge on any atom is -0.357 e. The van der Waals surface area contributed by atoms with Gasteiger partial charge in [-0.2, -0.15) is 0 Å². The van der Waals surface area contributed by atoms with Gasteiger partial charge in [0.15, 0.2) is 5.96 Å². The maximum Gasteiger partial charge on any atom is 0.242 e. The van der Waals surface area contributed by atoms with Gasteiger partial charge >= 0.3 is 0 Å². The number of nitrogens with zero attached hydrogens (tertiary/aromatic N) is 2. The molecule has 5 nitrogen and oxygen atoms in total. The van der Waals surface area contributed by atoms with Crippen LogP contribution in [0.15, 0.2) is 35.3 Å². The number of carbonyl (C=O) groups excluding carboxylic acids is 1. The molecule has 0 atom stereocenters. The highest BCUT2D eigenvalue weighted by Gasteiger charge is 2.15. The first kappa shape index (κ1) is 15.4. The molecular weight excluding hydrogens is 264 g/mol. The van der Waals surface area contributed by atoms with E-state index < -0.39 is 0 Å². The molecule has 1 aromatic carbocycles. The summed E-state index contributed by atoms with van der Waals surface area (Å²) in [6.07, 6.45) is 2.40. The number of amides is 1. The summed E-state index contributed by atoms with van der Waals surface area (Å²) in [6.45, 7) is 5.64. The fraction of sp³-hybridized carbons (Fsp3) is 0.500. The molecule has 1 aromatic rings. The number of aliphatic imine (C=N–C) groups is 1. The van der Waals surface area contributed by atoms with E-state index in [2.05, 4.69) is 20.5 Å². The number of carbonyl (C=O) groups is 1. The molecule has 2 N–H and O–H groups in total. The third-order valence-electron chi connectivity index (χ3n) is 3.45. The first-order chi connectivity index (χ1) is 10.3. The monoisotopic (exact) mass is 288 g/mol. The first-order valence-electron chi connectivity index (χ1n) is 7.63. The summed E-state index contributed by atoms with van der Waals surface area (Å²) in [6, 6.07) is 9.90. The van der Waals surface area contributed by atoms with Gasteiger partial charge in [-0.1, -0.05) is 30.3 Å². The van der Waals surface area contributed by atoms with E-state index in [1.165, 1.54) is 12.8 Å². The summed E-state index contributed by atoms with van der Waals surface area (Å²) in [5.41, 5.74) is 1.10. The first-order valence-corrected chi connectivity index (χ1v) is 7.63. The smallest absolute Gasteiger partial charge is 0.242 e. The van der Waals surface area contributed by atoms with Gasteiger partial charge in [0.2, 0.25) is 5.91 Å². The number of likely N-dealkylation sites (tertiary alicyclic amines) is 1. The molecule has 0 unspecified atom stereocenters. The highest BCUT2D eigenvalue weighted by Crippen LogP contribution is 2.07. The van der Waals surface area contributed by atoms with Crippen molar-refractivity contribution in [2.24, 2.45) is 4.99 Å². The van der Waals surface area contributed by atoms with E-state index in [0.29, 0.717) is 6.54 Å². The second-order valence-corrected chi connectivity index (χ2v) is 5.13. The summed E-state index contributed by atoms with van der Waals surface area (Å²) >= 11 is 0. The summed E-state index contributed by atoms with van der Waals surface area (Å²) in [4.78, 5) is 18.5. The average molecular weight is 288 g/mol. The van der Waals surface area contributed by atoms with Crippen molar-refractivity contribution in [1.82, 2.24) is 15.5 Å². The molecular formula is C16H24N4O. The van der Waals surface area contributed by atoms with Gasteiger partial charge in [0.1, 0.15) is 6.54 Å². The molecule has 0 aromatic heterocycles. The van der Waals surface area contributed by atoms with Crippen LogP contribution in [-0.2, 0) is 11.3 Å². The Labute approximate surface area is 126 Å². The number of rotatable bonds is 5. The Morgan fingerprint density at radius 1 is 1.19 bits per heavy atom. The van der Waals surface area contributed by atoms with Crippen LogP contribution in [0, 0.1) is 0 Å². The van der Waals surface area contributed by atoms with E-state index in [-0.39, 0.29) is 12.5 Å². The van der Waals surface area contributed by atoms with Crippen molar-refractivity contribution in [2.75, 3.05) is 26.2 Å². The lowest BCUT2D eigenvalue weighted by Gasteiger charge is -2.20. The standard InChI is InChI=1S/C16H24N4O/c1-2-17-16(20-10-6-7-11-20)19-13-15(21)18-12-14-8-4-3-5-9-14/h3-5,8-9H,2,6-7,10-13H2,1H3,(H,17,19)(H,18,21). The van der Waals surface area contributed by atoms with Gasteiger partial charge in [0.25, 0.3) is 0 Å². The Morgan fingerprint density at radius 3 is 2.57 bits per heavy atom. The molecule has 1 aliphatic heterocycles. The van der Waals surface area contributed by atoms with Crippen molar-refractivity contribution >= 4 is 11.9 Å². The molecule has 1 heterocycles. The number of hydrogen-bond acceptors (Lipinski definition) is 2. The topological polar surface area (TPSA) is 56.7 Å². The van der Waals surface area contributed by atoms with Crippen molar-refractivity contribution in [3.8, 4) is 0 Å². The average Bonchev–Trinajstić information content (AvgIpc) is 3.04. The molecule has 114 valence electrons. The minimum absolute atomic E-state index is 0.0477. The van der Waals surface area contributed by atoms with Crippen LogP contribution in [0.3, 0.4) is 0 Å². The molecule has 0 bridgehead atoms. The lowest BCUT2D eigenvalue weighted by Crippen LogP contribution is -2.40. The van der Waals surface area contributed by atoms with Gasteiger partial charge in [-0.05, 0) is 25.3 Å². The van der Waals surface area contributed by atoms with Crippen LogP contribution >= 0.6 is 0 Å². The van der Waals surface area contributed by atoms with E-state index in [4.69, 9.17) is 0 Å². The molecule has 2 rings (SSSR count). The van der Waals surface area contributed by atoms with E-state index in [1.807, 2.05) is 37.3 Å². The molecule has 1 amide bonds. The largest absolute Gasteiger partial charge is 0.357 e. The summed E-state index contributed by atoms with van der Waals surface area (Å²) in [5.74, 6) is 0.804. The van der Waals surface area contributed by atoms with Gasteiger partial charge in [-0.3, -0.25) is 4.79 Å². The molecule has 5 heteroatoms. The van der Waals surface area contributed by atoms with Crippen molar-refractivity contribution in [3.63, 3.8) is 0 Å². The Kier molecular flexibility index (Phi) is 6.06. The third kappa shape index (κ3) is 5.10. The van der Waals surface area contributed by atoms with Crippen LogP contribution in [0.25, 0.3) is 0 Å². The third-order valence-corrected chi connectivity index (χ3v) is 3.45. The lowest BCUT2D eigenvalue weighted by atomic mass is 10.2. The van der Waals surface area contributed by atoms with Crippen LogP contribution in [0.4, 0.5) is 0 Å². The van der Waals surface area contributed by atoms with Crippen molar-refractivity contribution in [3.05, 3.63) is 35.9 Å². The van der Waals surface area contributed by atoms with Crippen LogP contribution in [-0.4, -0.2) is 42.9 Å². The second-order valence-electron chi connectivity index (χ2n) is 5.13. The number of hydrogen-bond donors (Lipinski definition) is 2. The lowest BCUT2D eigenvalue weighted by molar-refractivity contribution is -0.119. The van der Waals surface area contributed by atoms with Crippen molar-refractivity contribution in [2.45, 2.75) is 26.3 Å². The van der Waals surface area contributed by atoms with E-state index in [9.17, 15) is 4.79 Å². The van der Waals surface area contributed by atoms with E-state index >= 15 is 0 Å². The molecule has 1 aliphatic rings. The predicted octanol–water partition coefficient (Wildman–Crippen LogP) is 1.36. The highest BCUT2D eigenvalue weighted by atomic mass is 16.1. The van der Waals surface area contributed by atoms with Crippen LogP contribution in [0.2, 0.25) is 0 Å². The van der Waals surface area contributed by atoms with E-state index in [0.717, 1.165) is 31.2 Å². The molecule has 0 radical (unpaired) electrons. The highest BCUT2D eigenvalue weighted by molar-refractivity contribution is 5.85. The normalized spacial score (nSPS) is 15.1. The fourth-order valence-electron chi connectivity index (χ4n) is 2.35. The van der Waals surface area contributed by atoms with Gasteiger partial charge in [-0.15, -0.1) is 0 Å². The SMILES string of the molecule is CCNC(=NCC(=O)NCc1ccccc1)N1CCCC1.